The molecule has 0 saturated heterocycles. The summed E-state index contributed by atoms with van der Waals surface area (Å²) >= 11 is 0. The summed E-state index contributed by atoms with van der Waals surface area (Å²) in [5.74, 6) is -0.174. The van der Waals surface area contributed by atoms with Gasteiger partial charge in [0, 0.05) is 23.3 Å². The van der Waals surface area contributed by atoms with Gasteiger partial charge < -0.3 is 11.1 Å². The predicted octanol–water partition coefficient (Wildman–Crippen LogP) is 2.53. The van der Waals surface area contributed by atoms with E-state index in [1.54, 1.807) is 24.4 Å². The molecular formula is C14H15N3O. The van der Waals surface area contributed by atoms with Crippen LogP contribution in [-0.4, -0.2) is 10.9 Å². The fourth-order valence-corrected chi connectivity index (χ4v) is 1.56. The van der Waals surface area contributed by atoms with Gasteiger partial charge >= 0.3 is 0 Å². The van der Waals surface area contributed by atoms with Crippen molar-refractivity contribution in [1.82, 2.24) is 4.98 Å². The van der Waals surface area contributed by atoms with Crippen LogP contribution in [0.15, 0.2) is 36.5 Å². The molecule has 0 aliphatic rings. The van der Waals surface area contributed by atoms with Crippen molar-refractivity contribution in [2.75, 3.05) is 11.1 Å². The highest BCUT2D eigenvalue weighted by Crippen LogP contribution is 2.17. The lowest BCUT2D eigenvalue weighted by Gasteiger charge is -2.07. The monoisotopic (exact) mass is 241 g/mol. The van der Waals surface area contributed by atoms with Crippen LogP contribution in [0.1, 0.15) is 21.6 Å². The second-order valence-corrected chi connectivity index (χ2v) is 4.21. The molecule has 0 radical (unpaired) electrons. The number of pyridine rings is 1. The van der Waals surface area contributed by atoms with E-state index >= 15 is 0 Å². The molecule has 1 aromatic carbocycles. The van der Waals surface area contributed by atoms with Crippen LogP contribution in [-0.2, 0) is 0 Å². The SMILES string of the molecule is Cc1ccc(C(=O)Nc2ccc(N)c(C)c2)cn1. The predicted molar refractivity (Wildman–Crippen MR) is 72.5 cm³/mol. The van der Waals surface area contributed by atoms with E-state index in [1.165, 1.54) is 0 Å². The number of nitrogens with one attached hydrogen (secondary N) is 1. The van der Waals surface area contributed by atoms with Crippen molar-refractivity contribution in [3.63, 3.8) is 0 Å². The number of amides is 1. The zero-order chi connectivity index (χ0) is 13.1. The third-order valence-corrected chi connectivity index (χ3v) is 2.70. The molecule has 0 saturated carbocycles. The molecule has 0 aliphatic carbocycles. The summed E-state index contributed by atoms with van der Waals surface area (Å²) in [6, 6.07) is 8.96. The number of carbonyl (C=O) groups excluding carboxylic acids is 1. The van der Waals surface area contributed by atoms with E-state index in [0.29, 0.717) is 11.3 Å². The smallest absolute Gasteiger partial charge is 0.257 e. The van der Waals surface area contributed by atoms with E-state index in [-0.39, 0.29) is 5.91 Å². The average Bonchev–Trinajstić information content (AvgIpc) is 2.34. The first kappa shape index (κ1) is 12.1. The average molecular weight is 241 g/mol. The highest BCUT2D eigenvalue weighted by Gasteiger charge is 2.06. The van der Waals surface area contributed by atoms with Gasteiger partial charge in [-0.2, -0.15) is 0 Å². The fraction of sp³-hybridized carbons (Fsp3) is 0.143. The van der Waals surface area contributed by atoms with E-state index < -0.39 is 0 Å². The molecule has 1 heterocycles. The van der Waals surface area contributed by atoms with Gasteiger partial charge in [0.05, 0.1) is 5.56 Å². The topological polar surface area (TPSA) is 68.0 Å². The first-order valence-corrected chi connectivity index (χ1v) is 5.66. The highest BCUT2D eigenvalue weighted by atomic mass is 16.1. The minimum atomic E-state index is -0.174. The second-order valence-electron chi connectivity index (χ2n) is 4.21. The Kier molecular flexibility index (Phi) is 3.28. The van der Waals surface area contributed by atoms with Gasteiger partial charge in [0.2, 0.25) is 0 Å². The molecule has 4 heteroatoms. The van der Waals surface area contributed by atoms with Crippen molar-refractivity contribution in [2.45, 2.75) is 13.8 Å². The molecule has 1 amide bonds. The number of hydrogen-bond acceptors (Lipinski definition) is 3. The van der Waals surface area contributed by atoms with Gasteiger partial charge in [-0.15, -0.1) is 0 Å². The highest BCUT2D eigenvalue weighted by molar-refractivity contribution is 6.04. The van der Waals surface area contributed by atoms with Crippen LogP contribution in [0.2, 0.25) is 0 Å². The third-order valence-electron chi connectivity index (χ3n) is 2.70. The number of carbonyl (C=O) groups is 1. The van der Waals surface area contributed by atoms with Crippen molar-refractivity contribution in [2.24, 2.45) is 0 Å². The summed E-state index contributed by atoms with van der Waals surface area (Å²) in [6.45, 7) is 3.78. The minimum Gasteiger partial charge on any atom is -0.399 e. The molecule has 3 N–H and O–H groups in total. The molecule has 18 heavy (non-hydrogen) atoms. The van der Waals surface area contributed by atoms with Gasteiger partial charge in [-0.05, 0) is 49.7 Å². The van der Waals surface area contributed by atoms with Crippen LogP contribution in [0, 0.1) is 13.8 Å². The third kappa shape index (κ3) is 2.66. The Morgan fingerprint density at radius 2 is 2.00 bits per heavy atom. The molecule has 2 aromatic rings. The number of nitrogens with zero attached hydrogens (tertiary/aromatic N) is 1. The largest absolute Gasteiger partial charge is 0.399 e. The molecule has 0 unspecified atom stereocenters. The van der Waals surface area contributed by atoms with Gasteiger partial charge in [0.15, 0.2) is 0 Å². The molecule has 0 bridgehead atoms. The zero-order valence-corrected chi connectivity index (χ0v) is 10.4. The molecular weight excluding hydrogens is 226 g/mol. The second kappa shape index (κ2) is 4.87. The fourth-order valence-electron chi connectivity index (χ4n) is 1.56. The van der Waals surface area contributed by atoms with E-state index in [1.807, 2.05) is 26.0 Å². The maximum absolute atomic E-state index is 11.9. The lowest BCUT2D eigenvalue weighted by Crippen LogP contribution is -2.12. The Hall–Kier alpha value is -2.36. The minimum absolute atomic E-state index is 0.174. The van der Waals surface area contributed by atoms with E-state index in [2.05, 4.69) is 10.3 Å². The Balaban J connectivity index is 2.16. The molecule has 2 rings (SSSR count). The number of anilines is 2. The van der Waals surface area contributed by atoms with E-state index in [9.17, 15) is 4.79 Å². The zero-order valence-electron chi connectivity index (χ0n) is 10.4. The summed E-state index contributed by atoms with van der Waals surface area (Å²) in [7, 11) is 0. The van der Waals surface area contributed by atoms with Crippen LogP contribution >= 0.6 is 0 Å². The molecule has 0 spiro atoms. The molecule has 92 valence electrons. The maximum Gasteiger partial charge on any atom is 0.257 e. The van der Waals surface area contributed by atoms with Crippen molar-refractivity contribution >= 4 is 17.3 Å². The summed E-state index contributed by atoms with van der Waals surface area (Å²) in [4.78, 5) is 16.0. The lowest BCUT2D eigenvalue weighted by molar-refractivity contribution is 0.102. The van der Waals surface area contributed by atoms with Gasteiger partial charge in [-0.1, -0.05) is 0 Å². The summed E-state index contributed by atoms with van der Waals surface area (Å²) in [5.41, 5.74) is 9.53. The van der Waals surface area contributed by atoms with Crippen molar-refractivity contribution in [3.05, 3.63) is 53.3 Å². The van der Waals surface area contributed by atoms with Gasteiger partial charge in [-0.3, -0.25) is 9.78 Å². The van der Waals surface area contributed by atoms with Crippen molar-refractivity contribution < 1.29 is 4.79 Å². The summed E-state index contributed by atoms with van der Waals surface area (Å²) in [5, 5.41) is 2.81. The number of hydrogen-bond donors (Lipinski definition) is 2. The molecule has 0 aliphatic heterocycles. The summed E-state index contributed by atoms with van der Waals surface area (Å²) < 4.78 is 0. The standard InChI is InChI=1S/C14H15N3O/c1-9-7-12(5-6-13(9)15)17-14(18)11-4-3-10(2)16-8-11/h3-8H,15H2,1-2H3,(H,17,18). The Labute approximate surface area is 106 Å². The van der Waals surface area contributed by atoms with Crippen LogP contribution in [0.25, 0.3) is 0 Å². The Bertz CT molecular complexity index is 576. The molecule has 1 aromatic heterocycles. The normalized spacial score (nSPS) is 10.1. The molecule has 0 fully saturated rings. The van der Waals surface area contributed by atoms with Crippen LogP contribution in [0.5, 0.6) is 0 Å². The Morgan fingerprint density at radius 1 is 1.22 bits per heavy atom. The number of aryl methyl sites for hydroxylation is 2. The number of aromatic nitrogens is 1. The Morgan fingerprint density at radius 3 is 2.61 bits per heavy atom. The molecule has 0 atom stereocenters. The van der Waals surface area contributed by atoms with Crippen LogP contribution in [0.4, 0.5) is 11.4 Å². The van der Waals surface area contributed by atoms with Gasteiger partial charge in [0.1, 0.15) is 0 Å². The van der Waals surface area contributed by atoms with E-state index in [0.717, 1.165) is 16.9 Å². The first-order chi connectivity index (χ1) is 8.56. The van der Waals surface area contributed by atoms with Gasteiger partial charge in [0.25, 0.3) is 5.91 Å². The first-order valence-electron chi connectivity index (χ1n) is 5.66. The number of rotatable bonds is 2. The lowest BCUT2D eigenvalue weighted by atomic mass is 10.1. The van der Waals surface area contributed by atoms with Crippen molar-refractivity contribution in [1.29, 1.82) is 0 Å². The van der Waals surface area contributed by atoms with Crippen molar-refractivity contribution in [3.8, 4) is 0 Å². The summed E-state index contributed by atoms with van der Waals surface area (Å²) in [6.07, 6.45) is 1.56. The molecule has 4 nitrogen and oxygen atoms in total. The van der Waals surface area contributed by atoms with E-state index in [4.69, 9.17) is 5.73 Å². The number of benzene rings is 1. The number of nitrogen functional groups attached to an aromatic ring is 1. The van der Waals surface area contributed by atoms with Crippen LogP contribution in [0.3, 0.4) is 0 Å². The number of nitrogens with two attached hydrogens (primary N) is 1. The quantitative estimate of drug-likeness (QED) is 0.794. The van der Waals surface area contributed by atoms with Crippen LogP contribution < -0.4 is 11.1 Å². The maximum atomic E-state index is 11.9. The van der Waals surface area contributed by atoms with Gasteiger partial charge in [-0.25, -0.2) is 0 Å².